The summed E-state index contributed by atoms with van der Waals surface area (Å²) in [6.07, 6.45) is 9.94. The molecule has 0 radical (unpaired) electrons. The summed E-state index contributed by atoms with van der Waals surface area (Å²) in [6.45, 7) is 4.03. The van der Waals surface area contributed by atoms with Crippen LogP contribution in [0.5, 0.6) is 0 Å². The molecular formula is C19H24N6. The smallest absolute Gasteiger partial charge is 0.133 e. The minimum atomic E-state index is 0.602. The van der Waals surface area contributed by atoms with E-state index in [0.29, 0.717) is 11.8 Å². The quantitative estimate of drug-likeness (QED) is 0.856. The second-order valence-corrected chi connectivity index (χ2v) is 7.42. The molecule has 6 heteroatoms. The van der Waals surface area contributed by atoms with Gasteiger partial charge in [-0.3, -0.25) is 0 Å². The zero-order chi connectivity index (χ0) is 16.6. The van der Waals surface area contributed by atoms with E-state index in [-0.39, 0.29) is 0 Å². The van der Waals surface area contributed by atoms with Crippen molar-refractivity contribution in [2.24, 2.45) is 0 Å². The maximum Gasteiger partial charge on any atom is 0.133 e. The highest BCUT2D eigenvalue weighted by Gasteiger charge is 2.28. The Balaban J connectivity index is 1.30. The van der Waals surface area contributed by atoms with Crippen LogP contribution in [0.15, 0.2) is 24.5 Å². The first kappa shape index (κ1) is 15.0. The summed E-state index contributed by atoms with van der Waals surface area (Å²) in [7, 11) is 0. The summed E-state index contributed by atoms with van der Waals surface area (Å²) < 4.78 is 0. The second-order valence-electron chi connectivity index (χ2n) is 7.42. The van der Waals surface area contributed by atoms with Crippen molar-refractivity contribution >= 4 is 11.6 Å². The van der Waals surface area contributed by atoms with E-state index < -0.39 is 0 Å². The van der Waals surface area contributed by atoms with E-state index in [1.807, 2.05) is 12.4 Å². The van der Waals surface area contributed by atoms with Crippen LogP contribution in [0.4, 0.5) is 11.6 Å². The molecule has 3 fully saturated rings. The molecule has 0 aromatic carbocycles. The van der Waals surface area contributed by atoms with E-state index in [2.05, 4.69) is 31.9 Å². The molecule has 0 unspecified atom stereocenters. The zero-order valence-electron chi connectivity index (χ0n) is 14.5. The predicted octanol–water partition coefficient (Wildman–Crippen LogP) is 2.74. The van der Waals surface area contributed by atoms with E-state index in [1.54, 1.807) is 0 Å². The molecule has 0 bridgehead atoms. The van der Waals surface area contributed by atoms with Crippen LogP contribution in [-0.2, 0) is 0 Å². The van der Waals surface area contributed by atoms with Gasteiger partial charge in [-0.25, -0.2) is 19.9 Å². The molecule has 1 aliphatic heterocycles. The van der Waals surface area contributed by atoms with E-state index in [0.717, 1.165) is 55.9 Å². The molecule has 6 nitrogen and oxygen atoms in total. The number of hydrogen-bond donors (Lipinski definition) is 0. The molecule has 25 heavy (non-hydrogen) atoms. The molecule has 3 heterocycles. The maximum absolute atomic E-state index is 4.81. The van der Waals surface area contributed by atoms with Gasteiger partial charge in [-0.1, -0.05) is 0 Å². The Morgan fingerprint density at radius 3 is 1.60 bits per heavy atom. The molecule has 2 aliphatic carbocycles. The van der Waals surface area contributed by atoms with Crippen molar-refractivity contribution in [3.63, 3.8) is 0 Å². The Bertz CT molecular complexity index is 692. The number of hydrogen-bond acceptors (Lipinski definition) is 6. The molecule has 5 rings (SSSR count). The topological polar surface area (TPSA) is 58.0 Å². The Morgan fingerprint density at radius 2 is 1.16 bits per heavy atom. The van der Waals surface area contributed by atoms with Crippen LogP contribution >= 0.6 is 0 Å². The lowest BCUT2D eigenvalue weighted by Crippen LogP contribution is -2.31. The van der Waals surface area contributed by atoms with Crippen LogP contribution in [0, 0.1) is 0 Å². The average Bonchev–Trinajstić information content (AvgIpc) is 3.54. The van der Waals surface area contributed by atoms with Gasteiger partial charge in [0, 0.05) is 50.4 Å². The first-order valence-corrected chi connectivity index (χ1v) is 9.52. The number of anilines is 2. The maximum atomic E-state index is 4.81. The van der Waals surface area contributed by atoms with Crippen molar-refractivity contribution < 1.29 is 0 Å². The van der Waals surface area contributed by atoms with Crippen molar-refractivity contribution in [1.29, 1.82) is 0 Å². The van der Waals surface area contributed by atoms with Crippen LogP contribution < -0.4 is 9.80 Å². The SMILES string of the molecule is c1cc(N2CCCN(c3ccnc(C4CC4)n3)CC2)nc(C2CC2)n1. The van der Waals surface area contributed by atoms with Gasteiger partial charge in [0.05, 0.1) is 0 Å². The Labute approximate surface area is 148 Å². The minimum Gasteiger partial charge on any atom is -0.355 e. The van der Waals surface area contributed by atoms with Gasteiger partial charge in [-0.05, 0) is 44.2 Å². The summed E-state index contributed by atoms with van der Waals surface area (Å²) in [6, 6.07) is 4.11. The molecule has 0 spiro atoms. The van der Waals surface area contributed by atoms with Gasteiger partial charge in [0.1, 0.15) is 23.3 Å². The van der Waals surface area contributed by atoms with E-state index >= 15 is 0 Å². The van der Waals surface area contributed by atoms with Gasteiger partial charge in [0.25, 0.3) is 0 Å². The van der Waals surface area contributed by atoms with Gasteiger partial charge in [-0.15, -0.1) is 0 Å². The second kappa shape index (κ2) is 6.24. The molecule has 0 N–H and O–H groups in total. The molecule has 0 amide bonds. The fourth-order valence-electron chi connectivity index (χ4n) is 3.53. The fourth-order valence-corrected chi connectivity index (χ4v) is 3.53. The monoisotopic (exact) mass is 336 g/mol. The lowest BCUT2D eigenvalue weighted by molar-refractivity contribution is 0.782. The van der Waals surface area contributed by atoms with Gasteiger partial charge >= 0.3 is 0 Å². The first-order valence-electron chi connectivity index (χ1n) is 9.52. The van der Waals surface area contributed by atoms with E-state index in [4.69, 9.17) is 9.97 Å². The Kier molecular flexibility index (Phi) is 3.76. The normalized spacial score (nSPS) is 21.3. The summed E-state index contributed by atoms with van der Waals surface area (Å²) in [5.74, 6) is 5.43. The number of aromatic nitrogens is 4. The molecule has 3 aliphatic rings. The lowest BCUT2D eigenvalue weighted by Gasteiger charge is -2.23. The Hall–Kier alpha value is -2.24. The highest BCUT2D eigenvalue weighted by Crippen LogP contribution is 2.39. The van der Waals surface area contributed by atoms with Crippen LogP contribution in [0.2, 0.25) is 0 Å². The third-order valence-corrected chi connectivity index (χ3v) is 5.35. The summed E-state index contributed by atoms with van der Waals surface area (Å²) >= 11 is 0. The van der Waals surface area contributed by atoms with Crippen molar-refractivity contribution in [2.45, 2.75) is 43.9 Å². The van der Waals surface area contributed by atoms with Crippen LogP contribution in [0.1, 0.15) is 55.6 Å². The number of rotatable bonds is 4. The Morgan fingerprint density at radius 1 is 0.680 bits per heavy atom. The molecule has 2 saturated carbocycles. The summed E-state index contributed by atoms with van der Waals surface area (Å²) in [4.78, 5) is 23.3. The first-order chi connectivity index (χ1) is 12.4. The molecule has 0 atom stereocenters. The van der Waals surface area contributed by atoms with Crippen molar-refractivity contribution in [3.05, 3.63) is 36.2 Å². The van der Waals surface area contributed by atoms with Gasteiger partial charge in [0.2, 0.25) is 0 Å². The third-order valence-electron chi connectivity index (χ3n) is 5.35. The summed E-state index contributed by atoms with van der Waals surface area (Å²) in [5.41, 5.74) is 0. The van der Waals surface area contributed by atoms with Crippen LogP contribution in [-0.4, -0.2) is 46.1 Å². The highest BCUT2D eigenvalue weighted by atomic mass is 15.3. The van der Waals surface area contributed by atoms with Gasteiger partial charge in [-0.2, -0.15) is 0 Å². The fraction of sp³-hybridized carbons (Fsp3) is 0.579. The van der Waals surface area contributed by atoms with Crippen molar-refractivity contribution in [1.82, 2.24) is 19.9 Å². The van der Waals surface area contributed by atoms with Crippen molar-refractivity contribution in [3.8, 4) is 0 Å². The van der Waals surface area contributed by atoms with Gasteiger partial charge in [0.15, 0.2) is 0 Å². The molecule has 1 saturated heterocycles. The van der Waals surface area contributed by atoms with Crippen LogP contribution in [0.25, 0.3) is 0 Å². The zero-order valence-corrected chi connectivity index (χ0v) is 14.5. The van der Waals surface area contributed by atoms with Gasteiger partial charge < -0.3 is 9.80 Å². The van der Waals surface area contributed by atoms with E-state index in [9.17, 15) is 0 Å². The molecule has 130 valence electrons. The summed E-state index contributed by atoms with van der Waals surface area (Å²) in [5, 5.41) is 0. The minimum absolute atomic E-state index is 0.602. The molecule has 2 aromatic rings. The largest absolute Gasteiger partial charge is 0.355 e. The standard InChI is InChI=1S/C19H24N6/c1-10-24(16-6-8-20-18(22-16)14-2-3-14)12-13-25(11-1)17-7-9-21-19(23-17)15-4-5-15/h6-9,14-15H,1-5,10-13H2. The van der Waals surface area contributed by atoms with Crippen molar-refractivity contribution in [2.75, 3.05) is 36.0 Å². The van der Waals surface area contributed by atoms with E-state index in [1.165, 1.54) is 25.7 Å². The predicted molar refractivity (Wildman–Crippen MR) is 97.1 cm³/mol. The lowest BCUT2D eigenvalue weighted by atomic mass is 10.3. The highest BCUT2D eigenvalue weighted by molar-refractivity contribution is 5.42. The third kappa shape index (κ3) is 3.30. The average molecular weight is 336 g/mol. The molecular weight excluding hydrogens is 312 g/mol. The molecule has 2 aromatic heterocycles. The van der Waals surface area contributed by atoms with Crippen LogP contribution in [0.3, 0.4) is 0 Å². The number of nitrogens with zero attached hydrogens (tertiary/aromatic N) is 6.